The molecule has 0 fully saturated rings. The second-order valence-corrected chi connectivity index (χ2v) is 7.99. The second kappa shape index (κ2) is 8.20. The number of benzene rings is 3. The van der Waals surface area contributed by atoms with E-state index in [0.29, 0.717) is 6.61 Å². The zero-order chi connectivity index (χ0) is 21.4. The van der Waals surface area contributed by atoms with Crippen LogP contribution in [0.25, 0.3) is 32.9 Å². The molecule has 4 heteroatoms. The van der Waals surface area contributed by atoms with E-state index in [0.717, 1.165) is 54.3 Å². The van der Waals surface area contributed by atoms with Gasteiger partial charge in [0.1, 0.15) is 0 Å². The number of hydrogen-bond acceptors (Lipinski definition) is 4. The number of pyridine rings is 1. The molecule has 31 heavy (non-hydrogen) atoms. The molecule has 2 heterocycles. The largest absolute Gasteiger partial charge is 0.492 e. The highest BCUT2D eigenvalue weighted by atomic mass is 16.5. The molecule has 1 aromatic heterocycles. The first-order valence-electron chi connectivity index (χ1n) is 11.1. The predicted molar refractivity (Wildman–Crippen MR) is 127 cm³/mol. The van der Waals surface area contributed by atoms with Gasteiger partial charge in [-0.1, -0.05) is 43.3 Å². The third-order valence-corrected chi connectivity index (χ3v) is 6.34. The van der Waals surface area contributed by atoms with Crippen LogP contribution in [0.3, 0.4) is 0 Å². The smallest absolute Gasteiger partial charge is 0.170 e. The van der Waals surface area contributed by atoms with Gasteiger partial charge in [0, 0.05) is 24.0 Å². The highest BCUT2D eigenvalue weighted by Gasteiger charge is 2.26. The van der Waals surface area contributed by atoms with Gasteiger partial charge in [-0.2, -0.15) is 0 Å². The van der Waals surface area contributed by atoms with Crippen LogP contribution in [0.15, 0.2) is 54.6 Å². The van der Waals surface area contributed by atoms with Crippen LogP contribution in [0, 0.1) is 0 Å². The van der Waals surface area contributed by atoms with Crippen LogP contribution in [-0.2, 0) is 13.0 Å². The average molecular weight is 413 g/mol. The maximum absolute atomic E-state index is 5.86. The van der Waals surface area contributed by atoms with Crippen molar-refractivity contribution in [2.24, 2.45) is 0 Å². The van der Waals surface area contributed by atoms with Crippen molar-refractivity contribution in [3.8, 4) is 22.8 Å². The lowest BCUT2D eigenvalue weighted by atomic mass is 9.89. The van der Waals surface area contributed by atoms with E-state index < -0.39 is 0 Å². The summed E-state index contributed by atoms with van der Waals surface area (Å²) in [5.74, 6) is 1.52. The van der Waals surface area contributed by atoms with Crippen molar-refractivity contribution in [3.63, 3.8) is 0 Å². The number of hydrogen-bond donors (Lipinski definition) is 0. The first-order valence-corrected chi connectivity index (χ1v) is 11.1. The third-order valence-electron chi connectivity index (χ3n) is 6.34. The molecule has 3 aromatic carbocycles. The number of aromatic nitrogens is 1. The van der Waals surface area contributed by atoms with Crippen LogP contribution in [0.5, 0.6) is 11.5 Å². The fourth-order valence-corrected chi connectivity index (χ4v) is 4.85. The lowest BCUT2D eigenvalue weighted by Gasteiger charge is -2.30. The van der Waals surface area contributed by atoms with Crippen molar-refractivity contribution in [1.29, 1.82) is 0 Å². The Balaban J connectivity index is 1.84. The Morgan fingerprint density at radius 1 is 0.968 bits per heavy atom. The molecular formula is C27H28N2O2. The van der Waals surface area contributed by atoms with Crippen LogP contribution in [0.1, 0.15) is 25.0 Å². The molecule has 0 radical (unpaired) electrons. The minimum absolute atomic E-state index is 0.596. The number of para-hydroxylation sites is 1. The topological polar surface area (TPSA) is 34.6 Å². The van der Waals surface area contributed by atoms with Gasteiger partial charge in [0.2, 0.25) is 0 Å². The van der Waals surface area contributed by atoms with Crippen molar-refractivity contribution in [1.82, 2.24) is 9.88 Å². The van der Waals surface area contributed by atoms with Crippen LogP contribution < -0.4 is 9.47 Å². The fourth-order valence-electron chi connectivity index (χ4n) is 4.85. The van der Waals surface area contributed by atoms with E-state index in [1.165, 1.54) is 27.3 Å². The molecule has 0 unspecified atom stereocenters. The standard InChI is InChI=1S/C27H28N2O2/c1-4-29-16-15-20-22(17-29)26(21-11-8-12-24(31-5-2)27(21)30-3)28-23-14-13-18-9-6-7-10-19(18)25(20)23/h6-14H,4-5,15-17H2,1-3H3. The molecule has 4 aromatic rings. The molecule has 1 aliphatic rings. The van der Waals surface area contributed by atoms with Crippen molar-refractivity contribution in [2.75, 3.05) is 26.8 Å². The fraction of sp³-hybridized carbons (Fsp3) is 0.296. The molecule has 0 saturated heterocycles. The van der Waals surface area contributed by atoms with Crippen LogP contribution >= 0.6 is 0 Å². The van der Waals surface area contributed by atoms with Gasteiger partial charge in [-0.25, -0.2) is 4.98 Å². The highest BCUT2D eigenvalue weighted by Crippen LogP contribution is 2.43. The molecule has 0 amide bonds. The summed E-state index contributed by atoms with van der Waals surface area (Å²) in [5, 5.41) is 3.85. The molecule has 0 saturated carbocycles. The van der Waals surface area contributed by atoms with Gasteiger partial charge < -0.3 is 9.47 Å². The molecular weight excluding hydrogens is 384 g/mol. The minimum Gasteiger partial charge on any atom is -0.492 e. The number of methoxy groups -OCH3 is 1. The lowest BCUT2D eigenvalue weighted by molar-refractivity contribution is 0.269. The van der Waals surface area contributed by atoms with Crippen molar-refractivity contribution in [3.05, 3.63) is 65.7 Å². The summed E-state index contributed by atoms with van der Waals surface area (Å²) in [6.07, 6.45) is 1.02. The molecule has 4 nitrogen and oxygen atoms in total. The van der Waals surface area contributed by atoms with Crippen LogP contribution in [-0.4, -0.2) is 36.7 Å². The number of rotatable bonds is 5. The van der Waals surface area contributed by atoms with Gasteiger partial charge >= 0.3 is 0 Å². The van der Waals surface area contributed by atoms with Crippen LogP contribution in [0.4, 0.5) is 0 Å². The third kappa shape index (κ3) is 3.31. The zero-order valence-corrected chi connectivity index (χ0v) is 18.4. The molecule has 158 valence electrons. The van der Waals surface area contributed by atoms with E-state index in [9.17, 15) is 0 Å². The monoisotopic (exact) mass is 412 g/mol. The maximum atomic E-state index is 5.86. The number of nitrogens with zero attached hydrogens (tertiary/aromatic N) is 2. The molecule has 1 aliphatic heterocycles. The summed E-state index contributed by atoms with van der Waals surface area (Å²) < 4.78 is 11.7. The Kier molecular flexibility index (Phi) is 5.24. The second-order valence-electron chi connectivity index (χ2n) is 7.99. The van der Waals surface area contributed by atoms with Crippen LogP contribution in [0.2, 0.25) is 0 Å². The van der Waals surface area contributed by atoms with Crippen molar-refractivity contribution >= 4 is 21.7 Å². The lowest BCUT2D eigenvalue weighted by Crippen LogP contribution is -2.31. The summed E-state index contributed by atoms with van der Waals surface area (Å²) in [6, 6.07) is 19.1. The van der Waals surface area contributed by atoms with Gasteiger partial charge in [0.05, 0.1) is 24.9 Å². The van der Waals surface area contributed by atoms with Gasteiger partial charge in [-0.15, -0.1) is 0 Å². The summed E-state index contributed by atoms with van der Waals surface area (Å²) >= 11 is 0. The summed E-state index contributed by atoms with van der Waals surface area (Å²) in [6.45, 7) is 7.81. The molecule has 0 bridgehead atoms. The first-order chi connectivity index (χ1) is 15.2. The van der Waals surface area contributed by atoms with Gasteiger partial charge in [0.25, 0.3) is 0 Å². The number of fused-ring (bicyclic) bond motifs is 5. The van der Waals surface area contributed by atoms with Crippen molar-refractivity contribution in [2.45, 2.75) is 26.8 Å². The Morgan fingerprint density at radius 3 is 2.65 bits per heavy atom. The summed E-state index contributed by atoms with van der Waals surface area (Å²) in [7, 11) is 1.71. The predicted octanol–water partition coefficient (Wildman–Crippen LogP) is 5.84. The van der Waals surface area contributed by atoms with Gasteiger partial charge in [0.15, 0.2) is 11.5 Å². The zero-order valence-electron chi connectivity index (χ0n) is 18.4. The first kappa shape index (κ1) is 19.8. The molecule has 0 N–H and O–H groups in total. The minimum atomic E-state index is 0.596. The number of ether oxygens (including phenoxy) is 2. The van der Waals surface area contributed by atoms with E-state index in [1.54, 1.807) is 7.11 Å². The normalized spacial score (nSPS) is 14.0. The molecule has 0 aliphatic carbocycles. The Bertz CT molecular complexity index is 1270. The highest BCUT2D eigenvalue weighted by molar-refractivity contribution is 6.09. The summed E-state index contributed by atoms with van der Waals surface area (Å²) in [5.41, 5.74) is 5.78. The quantitative estimate of drug-likeness (QED) is 0.386. The van der Waals surface area contributed by atoms with E-state index >= 15 is 0 Å². The SMILES string of the molecule is CCOc1cccc(-c2nc3ccc4ccccc4c3c3c2CN(CC)CC3)c1OC. The van der Waals surface area contributed by atoms with Gasteiger partial charge in [-0.3, -0.25) is 4.90 Å². The Labute approximate surface area is 183 Å². The maximum Gasteiger partial charge on any atom is 0.170 e. The average Bonchev–Trinajstić information content (AvgIpc) is 2.82. The Morgan fingerprint density at radius 2 is 1.84 bits per heavy atom. The van der Waals surface area contributed by atoms with E-state index in [4.69, 9.17) is 14.5 Å². The molecule has 0 spiro atoms. The molecule has 5 rings (SSSR count). The van der Waals surface area contributed by atoms with E-state index in [1.807, 2.05) is 19.1 Å². The Hall–Kier alpha value is -3.11. The number of likely N-dealkylation sites (N-methyl/N-ethyl adjacent to an activating group) is 1. The van der Waals surface area contributed by atoms with E-state index in [2.05, 4.69) is 54.3 Å². The van der Waals surface area contributed by atoms with Crippen molar-refractivity contribution < 1.29 is 9.47 Å². The van der Waals surface area contributed by atoms with E-state index in [-0.39, 0.29) is 0 Å². The summed E-state index contributed by atoms with van der Waals surface area (Å²) in [4.78, 5) is 7.71. The van der Waals surface area contributed by atoms with Gasteiger partial charge in [-0.05, 0) is 60.0 Å². The molecule has 0 atom stereocenters.